The molecule has 0 aromatic heterocycles. The van der Waals surface area contributed by atoms with Crippen LogP contribution in [-0.2, 0) is 0 Å². The van der Waals surface area contributed by atoms with Gasteiger partial charge < -0.3 is 29.9 Å². The van der Waals surface area contributed by atoms with E-state index in [0.717, 1.165) is 31.9 Å². The molecule has 0 saturated carbocycles. The SMILES string of the molecule is COc1cc(NC(=O)Nc2ccc(N3CCN(C)CC3)cc2)cc(OC)c1. The van der Waals surface area contributed by atoms with Crippen molar-refractivity contribution in [1.29, 1.82) is 0 Å². The molecule has 3 rings (SSSR count). The summed E-state index contributed by atoms with van der Waals surface area (Å²) in [4.78, 5) is 17.0. The molecule has 0 unspecified atom stereocenters. The predicted molar refractivity (Wildman–Crippen MR) is 108 cm³/mol. The fraction of sp³-hybridized carbons (Fsp3) is 0.350. The van der Waals surface area contributed by atoms with Crippen molar-refractivity contribution >= 4 is 23.1 Å². The zero-order valence-corrected chi connectivity index (χ0v) is 16.0. The minimum absolute atomic E-state index is 0.322. The second kappa shape index (κ2) is 8.64. The Morgan fingerprint density at radius 3 is 1.96 bits per heavy atom. The van der Waals surface area contributed by atoms with Gasteiger partial charge in [0.25, 0.3) is 0 Å². The molecule has 144 valence electrons. The minimum atomic E-state index is -0.322. The number of benzene rings is 2. The number of anilines is 3. The Bertz CT molecular complexity index is 749. The first-order chi connectivity index (χ1) is 13.1. The summed E-state index contributed by atoms with van der Waals surface area (Å²) in [5.74, 6) is 1.22. The number of hydrogen-bond donors (Lipinski definition) is 2. The molecule has 27 heavy (non-hydrogen) atoms. The summed E-state index contributed by atoms with van der Waals surface area (Å²) in [5, 5.41) is 5.64. The van der Waals surface area contributed by atoms with Crippen molar-refractivity contribution in [3.8, 4) is 11.5 Å². The van der Waals surface area contributed by atoms with E-state index >= 15 is 0 Å². The second-order valence-electron chi connectivity index (χ2n) is 6.52. The molecule has 1 fully saturated rings. The number of carbonyl (C=O) groups excluding carboxylic acids is 1. The number of piperazine rings is 1. The number of carbonyl (C=O) groups is 1. The van der Waals surface area contributed by atoms with Gasteiger partial charge in [0, 0.05) is 61.4 Å². The molecule has 1 heterocycles. The maximum absolute atomic E-state index is 12.3. The van der Waals surface area contributed by atoms with Crippen LogP contribution in [-0.4, -0.2) is 58.4 Å². The highest BCUT2D eigenvalue weighted by atomic mass is 16.5. The quantitative estimate of drug-likeness (QED) is 0.847. The van der Waals surface area contributed by atoms with Gasteiger partial charge in [0.1, 0.15) is 11.5 Å². The van der Waals surface area contributed by atoms with E-state index < -0.39 is 0 Å². The lowest BCUT2D eigenvalue weighted by Gasteiger charge is -2.34. The van der Waals surface area contributed by atoms with Gasteiger partial charge in [-0.2, -0.15) is 0 Å². The van der Waals surface area contributed by atoms with Crippen LogP contribution in [0.1, 0.15) is 0 Å². The van der Waals surface area contributed by atoms with Gasteiger partial charge in [0.15, 0.2) is 0 Å². The number of nitrogens with one attached hydrogen (secondary N) is 2. The first kappa shape index (κ1) is 18.8. The minimum Gasteiger partial charge on any atom is -0.497 e. The highest BCUT2D eigenvalue weighted by Crippen LogP contribution is 2.26. The smallest absolute Gasteiger partial charge is 0.323 e. The molecule has 0 spiro atoms. The van der Waals surface area contributed by atoms with Crippen LogP contribution in [0.4, 0.5) is 21.9 Å². The highest BCUT2D eigenvalue weighted by molar-refractivity contribution is 6.00. The molecule has 1 saturated heterocycles. The summed E-state index contributed by atoms with van der Waals surface area (Å²) < 4.78 is 10.4. The zero-order chi connectivity index (χ0) is 19.2. The van der Waals surface area contributed by atoms with Crippen LogP contribution in [0.25, 0.3) is 0 Å². The second-order valence-corrected chi connectivity index (χ2v) is 6.52. The summed E-state index contributed by atoms with van der Waals surface area (Å²) in [7, 11) is 5.28. The third-order valence-corrected chi connectivity index (χ3v) is 4.60. The van der Waals surface area contributed by atoms with Gasteiger partial charge in [-0.3, -0.25) is 0 Å². The van der Waals surface area contributed by atoms with Crippen LogP contribution in [0.2, 0.25) is 0 Å². The van der Waals surface area contributed by atoms with Crippen LogP contribution in [0, 0.1) is 0 Å². The van der Waals surface area contributed by atoms with Gasteiger partial charge in [0.2, 0.25) is 0 Å². The Hall–Kier alpha value is -2.93. The van der Waals surface area contributed by atoms with Crippen molar-refractivity contribution in [2.45, 2.75) is 0 Å². The molecule has 0 atom stereocenters. The van der Waals surface area contributed by atoms with E-state index in [-0.39, 0.29) is 6.03 Å². The number of likely N-dealkylation sites (N-methyl/N-ethyl adjacent to an activating group) is 1. The van der Waals surface area contributed by atoms with Crippen molar-refractivity contribution in [2.75, 3.05) is 63.0 Å². The number of amides is 2. The predicted octanol–water partition coefficient (Wildman–Crippen LogP) is 3.10. The monoisotopic (exact) mass is 370 g/mol. The Kier molecular flexibility index (Phi) is 6.03. The topological polar surface area (TPSA) is 66.1 Å². The molecule has 7 heteroatoms. The van der Waals surface area contributed by atoms with Crippen molar-refractivity contribution < 1.29 is 14.3 Å². The van der Waals surface area contributed by atoms with Gasteiger partial charge in [-0.05, 0) is 31.3 Å². The maximum atomic E-state index is 12.3. The Labute approximate surface area is 159 Å². The molecule has 0 radical (unpaired) electrons. The first-order valence-corrected chi connectivity index (χ1v) is 8.92. The summed E-state index contributed by atoms with van der Waals surface area (Å²) in [6.45, 7) is 4.15. The van der Waals surface area contributed by atoms with Crippen LogP contribution < -0.4 is 25.0 Å². The lowest BCUT2D eigenvalue weighted by atomic mass is 10.2. The standard InChI is InChI=1S/C20H26N4O3/c1-23-8-10-24(11-9-23)17-6-4-15(5-7-17)21-20(25)22-16-12-18(26-2)14-19(13-16)27-3/h4-7,12-14H,8-11H2,1-3H3,(H2,21,22,25). The average Bonchev–Trinajstić information content (AvgIpc) is 2.68. The van der Waals surface area contributed by atoms with E-state index in [2.05, 4.69) is 27.5 Å². The van der Waals surface area contributed by atoms with Crippen molar-refractivity contribution in [3.05, 3.63) is 42.5 Å². The number of urea groups is 1. The highest BCUT2D eigenvalue weighted by Gasteiger charge is 2.14. The molecule has 0 bridgehead atoms. The van der Waals surface area contributed by atoms with Crippen molar-refractivity contribution in [3.63, 3.8) is 0 Å². The molecule has 2 amide bonds. The van der Waals surface area contributed by atoms with E-state index in [9.17, 15) is 4.79 Å². The van der Waals surface area contributed by atoms with E-state index in [1.807, 2.05) is 24.3 Å². The summed E-state index contributed by atoms with van der Waals surface area (Å²) in [6, 6.07) is 12.8. The number of nitrogens with zero attached hydrogens (tertiary/aromatic N) is 2. The van der Waals surface area contributed by atoms with Gasteiger partial charge in [0.05, 0.1) is 14.2 Å². The number of hydrogen-bond acceptors (Lipinski definition) is 5. The van der Waals surface area contributed by atoms with E-state index in [4.69, 9.17) is 9.47 Å². The lowest BCUT2D eigenvalue weighted by Crippen LogP contribution is -2.44. The van der Waals surface area contributed by atoms with E-state index in [0.29, 0.717) is 17.2 Å². The molecule has 1 aliphatic rings. The van der Waals surface area contributed by atoms with E-state index in [1.54, 1.807) is 32.4 Å². The third-order valence-electron chi connectivity index (χ3n) is 4.60. The molecule has 2 aromatic rings. The van der Waals surface area contributed by atoms with Crippen LogP contribution in [0.15, 0.2) is 42.5 Å². The summed E-state index contributed by atoms with van der Waals surface area (Å²) in [6.07, 6.45) is 0. The molecule has 0 aliphatic carbocycles. The molecule has 1 aliphatic heterocycles. The number of rotatable bonds is 5. The van der Waals surface area contributed by atoms with Crippen molar-refractivity contribution in [2.24, 2.45) is 0 Å². The van der Waals surface area contributed by atoms with Crippen LogP contribution >= 0.6 is 0 Å². The largest absolute Gasteiger partial charge is 0.497 e. The van der Waals surface area contributed by atoms with Crippen LogP contribution in [0.3, 0.4) is 0 Å². The third kappa shape index (κ3) is 5.04. The van der Waals surface area contributed by atoms with Gasteiger partial charge in [-0.25, -0.2) is 4.79 Å². The molecular weight excluding hydrogens is 344 g/mol. The normalized spacial score (nSPS) is 14.6. The summed E-state index contributed by atoms with van der Waals surface area (Å²) in [5.41, 5.74) is 2.50. The Morgan fingerprint density at radius 1 is 0.852 bits per heavy atom. The van der Waals surface area contributed by atoms with Gasteiger partial charge >= 0.3 is 6.03 Å². The first-order valence-electron chi connectivity index (χ1n) is 8.92. The van der Waals surface area contributed by atoms with Gasteiger partial charge in [-0.15, -0.1) is 0 Å². The molecule has 2 N–H and O–H groups in total. The lowest BCUT2D eigenvalue weighted by molar-refractivity contribution is 0.262. The van der Waals surface area contributed by atoms with Crippen LogP contribution in [0.5, 0.6) is 11.5 Å². The summed E-state index contributed by atoms with van der Waals surface area (Å²) >= 11 is 0. The number of methoxy groups -OCH3 is 2. The molecule has 2 aromatic carbocycles. The zero-order valence-electron chi connectivity index (χ0n) is 16.0. The van der Waals surface area contributed by atoms with Crippen molar-refractivity contribution in [1.82, 2.24) is 4.90 Å². The fourth-order valence-electron chi connectivity index (χ4n) is 2.99. The maximum Gasteiger partial charge on any atom is 0.323 e. The Morgan fingerprint density at radius 2 is 1.41 bits per heavy atom. The number of ether oxygens (including phenoxy) is 2. The fourth-order valence-corrected chi connectivity index (χ4v) is 2.99. The Balaban J connectivity index is 1.59. The average molecular weight is 370 g/mol. The molecule has 7 nitrogen and oxygen atoms in total. The van der Waals surface area contributed by atoms with E-state index in [1.165, 1.54) is 5.69 Å². The molecular formula is C20H26N4O3. The van der Waals surface area contributed by atoms with Gasteiger partial charge in [-0.1, -0.05) is 0 Å².